The number of carbonyl (C=O) groups is 2. The van der Waals surface area contributed by atoms with Crippen LogP contribution in [0.25, 0.3) is 10.8 Å². The summed E-state index contributed by atoms with van der Waals surface area (Å²) >= 11 is 0. The highest BCUT2D eigenvalue weighted by Crippen LogP contribution is 2.38. The molecule has 37 heavy (non-hydrogen) atoms. The summed E-state index contributed by atoms with van der Waals surface area (Å²) in [6, 6.07) is 17.5. The third-order valence-electron chi connectivity index (χ3n) is 6.97. The first-order chi connectivity index (χ1) is 17.9. The summed E-state index contributed by atoms with van der Waals surface area (Å²) in [5.74, 6) is 0.641. The van der Waals surface area contributed by atoms with E-state index in [1.807, 2.05) is 66.4 Å². The van der Waals surface area contributed by atoms with Gasteiger partial charge in [0, 0.05) is 18.5 Å². The van der Waals surface area contributed by atoms with E-state index in [-0.39, 0.29) is 37.7 Å². The van der Waals surface area contributed by atoms with Gasteiger partial charge in [0.2, 0.25) is 6.79 Å². The first kappa shape index (κ1) is 26.3. The zero-order chi connectivity index (χ0) is 26.4. The van der Waals surface area contributed by atoms with Crippen molar-refractivity contribution < 1.29 is 28.9 Å². The summed E-state index contributed by atoms with van der Waals surface area (Å²) < 4.78 is 16.8. The third-order valence-corrected chi connectivity index (χ3v) is 6.97. The highest BCUT2D eigenvalue weighted by Gasteiger charge is 2.23. The van der Waals surface area contributed by atoms with E-state index >= 15 is 0 Å². The van der Waals surface area contributed by atoms with Gasteiger partial charge in [-0.25, -0.2) is 0 Å². The Kier molecular flexibility index (Phi) is 8.54. The van der Waals surface area contributed by atoms with E-state index in [1.54, 1.807) is 0 Å². The number of fused-ring (bicyclic) bond motifs is 2. The summed E-state index contributed by atoms with van der Waals surface area (Å²) in [4.78, 5) is 26.5. The zero-order valence-electron chi connectivity index (χ0n) is 21.7. The number of rotatable bonds is 12. The van der Waals surface area contributed by atoms with E-state index in [1.165, 1.54) is 0 Å². The highest BCUT2D eigenvalue weighted by molar-refractivity contribution is 5.85. The van der Waals surface area contributed by atoms with Crippen LogP contribution in [0.2, 0.25) is 0 Å². The van der Waals surface area contributed by atoms with Gasteiger partial charge in [-0.1, -0.05) is 50.6 Å². The molecule has 196 valence electrons. The Morgan fingerprint density at radius 2 is 1.68 bits per heavy atom. The largest absolute Gasteiger partial charge is 0.484 e. The number of hydrogen-bond acceptors (Lipinski definition) is 5. The van der Waals surface area contributed by atoms with Crippen molar-refractivity contribution in [1.29, 1.82) is 0 Å². The van der Waals surface area contributed by atoms with E-state index in [9.17, 15) is 14.7 Å². The van der Waals surface area contributed by atoms with Crippen LogP contribution in [0, 0.1) is 0 Å². The molecule has 0 aliphatic carbocycles. The molecule has 0 saturated heterocycles. The second-order valence-corrected chi connectivity index (χ2v) is 9.35. The second-order valence-electron chi connectivity index (χ2n) is 9.35. The quantitative estimate of drug-likeness (QED) is 0.326. The number of carbonyl (C=O) groups excluding carboxylic acids is 1. The molecule has 0 bridgehead atoms. The van der Waals surface area contributed by atoms with Crippen LogP contribution in [0.1, 0.15) is 63.5 Å². The van der Waals surface area contributed by atoms with Gasteiger partial charge in [0.15, 0.2) is 18.1 Å². The van der Waals surface area contributed by atoms with Crippen molar-refractivity contribution in [1.82, 2.24) is 4.90 Å². The van der Waals surface area contributed by atoms with Crippen LogP contribution < -0.4 is 14.2 Å². The average Bonchev–Trinajstić information content (AvgIpc) is 3.38. The first-order valence-corrected chi connectivity index (χ1v) is 13.0. The first-order valence-electron chi connectivity index (χ1n) is 13.0. The van der Waals surface area contributed by atoms with Gasteiger partial charge >= 0.3 is 5.97 Å². The van der Waals surface area contributed by atoms with Crippen molar-refractivity contribution in [3.63, 3.8) is 0 Å². The molecule has 3 aromatic rings. The number of carboxylic acid groups (broad SMARTS) is 1. The highest BCUT2D eigenvalue weighted by atomic mass is 16.7. The van der Waals surface area contributed by atoms with Gasteiger partial charge < -0.3 is 24.2 Å². The maximum Gasteiger partial charge on any atom is 0.304 e. The fraction of sp³-hybridized carbons (Fsp3) is 0.400. The molecule has 4 rings (SSSR count). The topological polar surface area (TPSA) is 85.3 Å². The minimum Gasteiger partial charge on any atom is -0.484 e. The van der Waals surface area contributed by atoms with Crippen LogP contribution in [-0.2, 0) is 9.59 Å². The summed E-state index contributed by atoms with van der Waals surface area (Å²) in [7, 11) is 0. The van der Waals surface area contributed by atoms with Crippen molar-refractivity contribution in [3.05, 3.63) is 65.7 Å². The van der Waals surface area contributed by atoms with Gasteiger partial charge in [-0.15, -0.1) is 0 Å². The minimum atomic E-state index is -0.882. The summed E-state index contributed by atoms with van der Waals surface area (Å²) in [5, 5.41) is 11.5. The Balaban J connectivity index is 1.55. The predicted molar refractivity (Wildman–Crippen MR) is 142 cm³/mol. The number of benzene rings is 3. The molecule has 1 aliphatic rings. The Bertz CT molecular complexity index is 1260. The number of nitrogens with zero attached hydrogens (tertiary/aromatic N) is 1. The average molecular weight is 506 g/mol. The van der Waals surface area contributed by atoms with Crippen molar-refractivity contribution in [2.75, 3.05) is 19.9 Å². The third kappa shape index (κ3) is 6.16. The second kappa shape index (κ2) is 12.0. The van der Waals surface area contributed by atoms with Gasteiger partial charge in [0.05, 0.1) is 6.42 Å². The lowest BCUT2D eigenvalue weighted by Gasteiger charge is -2.30. The van der Waals surface area contributed by atoms with Crippen LogP contribution in [0.4, 0.5) is 0 Å². The normalized spacial score (nSPS) is 13.8. The standard InChI is InChI=1S/C30H35NO6/c1-4-7-24(5-2)31(6-3)29(32)18-35-25-12-10-20-8-9-21(14-23(20)15-25)26(17-30(33)34)22-11-13-27-28(16-22)37-19-36-27/h8-16,24,26H,4-7,17-19H2,1-3H3,(H,33,34). The van der Waals surface area contributed by atoms with Crippen LogP contribution in [0.3, 0.4) is 0 Å². The number of aliphatic carboxylic acids is 1. The molecule has 1 amide bonds. The molecule has 0 spiro atoms. The Morgan fingerprint density at radius 3 is 2.41 bits per heavy atom. The molecule has 2 unspecified atom stereocenters. The maximum atomic E-state index is 12.9. The molecule has 0 aromatic heterocycles. The predicted octanol–water partition coefficient (Wildman–Crippen LogP) is 5.98. The van der Waals surface area contributed by atoms with Gasteiger partial charge in [0.1, 0.15) is 5.75 Å². The summed E-state index contributed by atoms with van der Waals surface area (Å²) in [6.45, 7) is 7.05. The molecule has 0 fully saturated rings. The molecule has 0 saturated carbocycles. The molecule has 7 nitrogen and oxygen atoms in total. The molecular weight excluding hydrogens is 470 g/mol. The zero-order valence-corrected chi connectivity index (χ0v) is 21.7. The van der Waals surface area contributed by atoms with Crippen LogP contribution in [0.15, 0.2) is 54.6 Å². The molecule has 1 aliphatic heterocycles. The lowest BCUT2D eigenvalue weighted by atomic mass is 9.87. The van der Waals surface area contributed by atoms with Crippen molar-refractivity contribution in [2.45, 2.75) is 58.4 Å². The van der Waals surface area contributed by atoms with Crippen LogP contribution >= 0.6 is 0 Å². The Morgan fingerprint density at radius 1 is 0.946 bits per heavy atom. The van der Waals surface area contributed by atoms with Crippen molar-refractivity contribution >= 4 is 22.6 Å². The molecule has 2 atom stereocenters. The van der Waals surface area contributed by atoms with E-state index < -0.39 is 5.97 Å². The van der Waals surface area contributed by atoms with Gasteiger partial charge in [-0.05, 0) is 65.9 Å². The van der Waals surface area contributed by atoms with Gasteiger partial charge in [0.25, 0.3) is 5.91 Å². The van der Waals surface area contributed by atoms with Crippen molar-refractivity contribution in [2.24, 2.45) is 0 Å². The van der Waals surface area contributed by atoms with E-state index in [2.05, 4.69) is 13.8 Å². The molecule has 1 N–H and O–H groups in total. The number of hydrogen-bond donors (Lipinski definition) is 1. The summed E-state index contributed by atoms with van der Waals surface area (Å²) in [6.07, 6.45) is 2.88. The molecule has 7 heteroatoms. The molecule has 0 radical (unpaired) electrons. The molecular formula is C30H35NO6. The SMILES string of the molecule is CCCC(CC)N(CC)C(=O)COc1ccc2ccc(C(CC(=O)O)c3ccc4c(c3)OCO4)cc2c1. The number of ether oxygens (including phenoxy) is 3. The Labute approximate surface area is 217 Å². The Hall–Kier alpha value is -3.74. The maximum absolute atomic E-state index is 12.9. The smallest absolute Gasteiger partial charge is 0.304 e. The van der Waals surface area contributed by atoms with E-state index in [4.69, 9.17) is 14.2 Å². The number of amides is 1. The molecule has 1 heterocycles. The van der Waals surface area contributed by atoms with Crippen molar-refractivity contribution in [3.8, 4) is 17.2 Å². The van der Waals surface area contributed by atoms with Crippen LogP contribution in [-0.4, -0.2) is 47.9 Å². The lowest BCUT2D eigenvalue weighted by molar-refractivity contribution is -0.137. The van der Waals surface area contributed by atoms with Gasteiger partial charge in [-0.3, -0.25) is 9.59 Å². The number of likely N-dealkylation sites (N-methyl/N-ethyl adjacent to an activating group) is 1. The fourth-order valence-corrected chi connectivity index (χ4v) is 5.06. The van der Waals surface area contributed by atoms with Gasteiger partial charge in [-0.2, -0.15) is 0 Å². The minimum absolute atomic E-state index is 0.0130. The van der Waals surface area contributed by atoms with E-state index in [0.717, 1.165) is 41.2 Å². The fourth-order valence-electron chi connectivity index (χ4n) is 5.06. The van der Waals surface area contributed by atoms with Crippen LogP contribution in [0.5, 0.6) is 17.2 Å². The number of carboxylic acids is 1. The van der Waals surface area contributed by atoms with E-state index in [0.29, 0.717) is 23.8 Å². The summed E-state index contributed by atoms with van der Waals surface area (Å²) in [5.41, 5.74) is 1.73. The lowest BCUT2D eigenvalue weighted by Crippen LogP contribution is -2.42. The monoisotopic (exact) mass is 505 g/mol. The molecule has 3 aromatic carbocycles.